The third-order valence-corrected chi connectivity index (χ3v) is 3.15. The van der Waals surface area contributed by atoms with Gasteiger partial charge < -0.3 is 15.6 Å². The van der Waals surface area contributed by atoms with Gasteiger partial charge in [-0.25, -0.2) is 4.98 Å². The monoisotopic (exact) mass is 236 g/mol. The van der Waals surface area contributed by atoms with Crippen molar-refractivity contribution in [2.24, 2.45) is 11.7 Å². The number of rotatable bonds is 6. The van der Waals surface area contributed by atoms with Crippen molar-refractivity contribution in [2.75, 3.05) is 6.54 Å². The third kappa shape index (κ3) is 3.06. The van der Waals surface area contributed by atoms with Crippen molar-refractivity contribution >= 4 is 5.91 Å². The van der Waals surface area contributed by atoms with Gasteiger partial charge in [-0.3, -0.25) is 4.79 Å². The van der Waals surface area contributed by atoms with Crippen LogP contribution in [0.5, 0.6) is 0 Å². The number of aromatic nitrogens is 2. The molecule has 0 radical (unpaired) electrons. The zero-order chi connectivity index (χ0) is 12.3. The van der Waals surface area contributed by atoms with Gasteiger partial charge in [-0.05, 0) is 18.8 Å². The zero-order valence-corrected chi connectivity index (χ0v) is 10.2. The average molecular weight is 236 g/mol. The number of nitrogens with two attached hydrogens (primary N) is 1. The largest absolute Gasteiger partial charge is 0.348 e. The van der Waals surface area contributed by atoms with Gasteiger partial charge in [0, 0.05) is 25.3 Å². The molecule has 0 spiro atoms. The van der Waals surface area contributed by atoms with E-state index in [2.05, 4.69) is 17.2 Å². The molecule has 0 bridgehead atoms. The summed E-state index contributed by atoms with van der Waals surface area (Å²) in [4.78, 5) is 15.9. The Bertz CT molecular complexity index is 388. The molecular weight excluding hydrogens is 216 g/mol. The minimum Gasteiger partial charge on any atom is -0.348 e. The van der Waals surface area contributed by atoms with Gasteiger partial charge in [0.1, 0.15) is 5.69 Å². The average Bonchev–Trinajstić information content (AvgIpc) is 2.86. The zero-order valence-electron chi connectivity index (χ0n) is 10.2. The Kier molecular flexibility index (Phi) is 3.78. The fourth-order valence-electron chi connectivity index (χ4n) is 2.11. The molecule has 2 rings (SSSR count). The Hall–Kier alpha value is -1.36. The molecule has 5 nitrogen and oxygen atoms in total. The third-order valence-electron chi connectivity index (χ3n) is 3.15. The molecule has 1 aliphatic carbocycles. The number of carbonyl (C=O) groups excluding carboxylic acids is 1. The molecule has 1 heterocycles. The normalized spacial score (nSPS) is 22.5. The molecule has 1 saturated carbocycles. The van der Waals surface area contributed by atoms with Gasteiger partial charge >= 0.3 is 0 Å². The van der Waals surface area contributed by atoms with Crippen LogP contribution in [-0.2, 0) is 6.54 Å². The van der Waals surface area contributed by atoms with Crippen LogP contribution >= 0.6 is 0 Å². The van der Waals surface area contributed by atoms with Crippen molar-refractivity contribution in [1.29, 1.82) is 0 Å². The summed E-state index contributed by atoms with van der Waals surface area (Å²) in [6.07, 6.45) is 6.90. The highest BCUT2D eigenvalue weighted by Crippen LogP contribution is 2.34. The van der Waals surface area contributed by atoms with Gasteiger partial charge in [-0.1, -0.05) is 13.3 Å². The van der Waals surface area contributed by atoms with Crippen LogP contribution in [0.3, 0.4) is 0 Å². The second-order valence-electron chi connectivity index (χ2n) is 4.65. The molecule has 94 valence electrons. The van der Waals surface area contributed by atoms with E-state index in [1.807, 2.05) is 4.57 Å². The first kappa shape index (κ1) is 12.1. The van der Waals surface area contributed by atoms with Crippen molar-refractivity contribution in [3.05, 3.63) is 18.2 Å². The quantitative estimate of drug-likeness (QED) is 0.766. The lowest BCUT2D eigenvalue weighted by atomic mass is 10.2. The fourth-order valence-corrected chi connectivity index (χ4v) is 2.11. The van der Waals surface area contributed by atoms with Gasteiger partial charge in [0.05, 0.1) is 6.33 Å². The Morgan fingerprint density at radius 1 is 1.71 bits per heavy atom. The molecule has 1 aromatic heterocycles. The van der Waals surface area contributed by atoms with E-state index in [4.69, 9.17) is 5.73 Å². The summed E-state index contributed by atoms with van der Waals surface area (Å²) in [5.41, 5.74) is 5.93. The highest BCUT2D eigenvalue weighted by atomic mass is 16.2. The summed E-state index contributed by atoms with van der Waals surface area (Å²) >= 11 is 0. The van der Waals surface area contributed by atoms with Gasteiger partial charge in [0.15, 0.2) is 0 Å². The standard InChI is InChI=1S/C12H20N4O/c1-2-3-9-6-10(9)15-12(17)11-7-16(5-4-13)8-14-11/h7-10H,2-6,13H2,1H3,(H,15,17). The second-order valence-corrected chi connectivity index (χ2v) is 4.65. The summed E-state index contributed by atoms with van der Waals surface area (Å²) in [5.74, 6) is 0.611. The number of hydrogen-bond acceptors (Lipinski definition) is 3. The summed E-state index contributed by atoms with van der Waals surface area (Å²) in [6, 6.07) is 0.363. The first-order chi connectivity index (χ1) is 8.24. The summed E-state index contributed by atoms with van der Waals surface area (Å²) < 4.78 is 1.84. The Morgan fingerprint density at radius 2 is 2.53 bits per heavy atom. The SMILES string of the molecule is CCCC1CC1NC(=O)c1cn(CCN)cn1. The van der Waals surface area contributed by atoms with E-state index in [0.717, 1.165) is 6.42 Å². The Morgan fingerprint density at radius 3 is 3.24 bits per heavy atom. The predicted molar refractivity (Wildman–Crippen MR) is 65.6 cm³/mol. The van der Waals surface area contributed by atoms with Crippen LogP contribution in [0.4, 0.5) is 0 Å². The van der Waals surface area contributed by atoms with E-state index in [1.165, 1.54) is 12.8 Å². The molecule has 0 saturated heterocycles. The maximum atomic E-state index is 11.8. The van der Waals surface area contributed by atoms with Crippen LogP contribution in [0, 0.1) is 5.92 Å². The van der Waals surface area contributed by atoms with Crippen LogP contribution in [0.15, 0.2) is 12.5 Å². The summed E-state index contributed by atoms with van der Waals surface area (Å²) in [6.45, 7) is 3.42. The molecule has 0 aromatic carbocycles. The highest BCUT2D eigenvalue weighted by Gasteiger charge is 2.37. The maximum Gasteiger partial charge on any atom is 0.271 e. The molecule has 1 fully saturated rings. The highest BCUT2D eigenvalue weighted by molar-refractivity contribution is 5.92. The van der Waals surface area contributed by atoms with Crippen molar-refractivity contribution < 1.29 is 4.79 Å². The second kappa shape index (κ2) is 5.31. The molecule has 17 heavy (non-hydrogen) atoms. The van der Waals surface area contributed by atoms with E-state index >= 15 is 0 Å². The minimum absolute atomic E-state index is 0.0654. The Labute approximate surface area is 101 Å². The topological polar surface area (TPSA) is 72.9 Å². The molecule has 1 amide bonds. The molecule has 3 N–H and O–H groups in total. The van der Waals surface area contributed by atoms with E-state index in [1.54, 1.807) is 12.5 Å². The lowest BCUT2D eigenvalue weighted by Gasteiger charge is -2.01. The van der Waals surface area contributed by atoms with E-state index in [9.17, 15) is 4.79 Å². The fraction of sp³-hybridized carbons (Fsp3) is 0.667. The van der Waals surface area contributed by atoms with Gasteiger partial charge in [-0.2, -0.15) is 0 Å². The van der Waals surface area contributed by atoms with Crippen LogP contribution in [0.25, 0.3) is 0 Å². The number of carbonyl (C=O) groups is 1. The smallest absolute Gasteiger partial charge is 0.271 e. The number of imidazole rings is 1. The van der Waals surface area contributed by atoms with Crippen LogP contribution in [-0.4, -0.2) is 28.0 Å². The van der Waals surface area contributed by atoms with Crippen LogP contribution < -0.4 is 11.1 Å². The molecule has 2 unspecified atom stereocenters. The van der Waals surface area contributed by atoms with Gasteiger partial charge in [0.25, 0.3) is 5.91 Å². The van der Waals surface area contributed by atoms with Crippen molar-refractivity contribution in [2.45, 2.75) is 38.8 Å². The van der Waals surface area contributed by atoms with Gasteiger partial charge in [-0.15, -0.1) is 0 Å². The number of amides is 1. The van der Waals surface area contributed by atoms with Crippen molar-refractivity contribution in [3.8, 4) is 0 Å². The maximum absolute atomic E-state index is 11.8. The molecule has 5 heteroatoms. The van der Waals surface area contributed by atoms with E-state index < -0.39 is 0 Å². The molecule has 1 aliphatic rings. The lowest BCUT2D eigenvalue weighted by molar-refractivity contribution is 0.0944. The Balaban J connectivity index is 1.83. The molecule has 1 aromatic rings. The number of hydrogen-bond donors (Lipinski definition) is 2. The lowest BCUT2D eigenvalue weighted by Crippen LogP contribution is -2.27. The first-order valence-corrected chi connectivity index (χ1v) is 6.27. The minimum atomic E-state index is -0.0654. The summed E-state index contributed by atoms with van der Waals surface area (Å²) in [5, 5.41) is 3.01. The van der Waals surface area contributed by atoms with Crippen molar-refractivity contribution in [1.82, 2.24) is 14.9 Å². The predicted octanol–water partition coefficient (Wildman–Crippen LogP) is 0.760. The van der Waals surface area contributed by atoms with E-state index in [0.29, 0.717) is 30.7 Å². The molecule has 2 atom stereocenters. The van der Waals surface area contributed by atoms with Gasteiger partial charge in [0.2, 0.25) is 0 Å². The number of nitrogens with one attached hydrogen (secondary N) is 1. The summed E-state index contributed by atoms with van der Waals surface area (Å²) in [7, 11) is 0. The van der Waals surface area contributed by atoms with Crippen molar-refractivity contribution in [3.63, 3.8) is 0 Å². The van der Waals surface area contributed by atoms with E-state index in [-0.39, 0.29) is 5.91 Å². The first-order valence-electron chi connectivity index (χ1n) is 6.27. The van der Waals surface area contributed by atoms with Crippen LogP contribution in [0.1, 0.15) is 36.7 Å². The number of nitrogens with zero attached hydrogens (tertiary/aromatic N) is 2. The molecule has 0 aliphatic heterocycles. The van der Waals surface area contributed by atoms with Crippen LogP contribution in [0.2, 0.25) is 0 Å². The molecular formula is C12H20N4O.